The maximum Gasteiger partial charge on any atom is 0.255 e. The van der Waals surface area contributed by atoms with Crippen molar-refractivity contribution in [2.45, 2.75) is 83.0 Å². The largest absolute Gasteiger partial charge is 0.347 e. The maximum absolute atomic E-state index is 15.1. The highest BCUT2D eigenvalue weighted by molar-refractivity contribution is 6.00. The van der Waals surface area contributed by atoms with Crippen LogP contribution in [-0.4, -0.2) is 63.3 Å². The number of halogens is 1. The number of nitrogens with one attached hydrogen (secondary N) is 2. The van der Waals surface area contributed by atoms with E-state index in [-0.39, 0.29) is 35.0 Å². The highest BCUT2D eigenvalue weighted by Crippen LogP contribution is 2.37. The van der Waals surface area contributed by atoms with Crippen LogP contribution in [0, 0.1) is 5.82 Å². The van der Waals surface area contributed by atoms with Crippen LogP contribution in [0.1, 0.15) is 91.6 Å². The van der Waals surface area contributed by atoms with Crippen LogP contribution in [0.4, 0.5) is 10.3 Å². The summed E-state index contributed by atoms with van der Waals surface area (Å²) in [5.41, 5.74) is -0.166. The molecule has 10 heteroatoms. The summed E-state index contributed by atoms with van der Waals surface area (Å²) in [5, 5.41) is 5.65. The number of carbonyl (C=O) groups is 3. The number of nitrogens with zero attached hydrogens (tertiary/aromatic N) is 4. The molecule has 2 aromatic rings. The number of carbonyl (C=O) groups excluding carboxylic acids is 3. The van der Waals surface area contributed by atoms with E-state index in [2.05, 4.69) is 25.5 Å². The Labute approximate surface area is 222 Å². The molecule has 9 nitrogen and oxygen atoms in total. The Hall–Kier alpha value is -3.56. The van der Waals surface area contributed by atoms with Crippen molar-refractivity contribution < 1.29 is 18.8 Å². The fraction of sp³-hybridized carbons (Fsp3) is 0.536. The first kappa shape index (κ1) is 26.1. The third-order valence-corrected chi connectivity index (χ3v) is 8.07. The van der Waals surface area contributed by atoms with Gasteiger partial charge in [-0.2, -0.15) is 0 Å². The van der Waals surface area contributed by atoms with Gasteiger partial charge in [0, 0.05) is 48.7 Å². The van der Waals surface area contributed by atoms with Gasteiger partial charge in [-0.05, 0) is 71.4 Å². The van der Waals surface area contributed by atoms with Gasteiger partial charge in [-0.1, -0.05) is 6.07 Å². The molecule has 0 bridgehead atoms. The van der Waals surface area contributed by atoms with Gasteiger partial charge in [-0.25, -0.2) is 14.4 Å². The predicted molar refractivity (Wildman–Crippen MR) is 140 cm³/mol. The van der Waals surface area contributed by atoms with Crippen molar-refractivity contribution >= 4 is 23.7 Å². The fourth-order valence-electron chi connectivity index (χ4n) is 5.51. The molecular formula is C28H35FN6O3. The number of likely N-dealkylation sites (tertiary alicyclic amines) is 1. The molecule has 3 aliphatic rings. The summed E-state index contributed by atoms with van der Waals surface area (Å²) in [6.07, 6.45) is 8.02. The SMILES string of the molecule is C[C@@H]1CC[C@H](C)N1C(=O)c1ccc([C@@H](C)NC(=O)C2(NC(=O)c3cnc(N4CCCC4)nc3)CC2)c(F)c1. The van der Waals surface area contributed by atoms with Gasteiger partial charge in [-0.15, -0.1) is 0 Å². The van der Waals surface area contributed by atoms with Crippen molar-refractivity contribution in [3.05, 3.63) is 53.1 Å². The number of hydrogen-bond acceptors (Lipinski definition) is 6. The van der Waals surface area contributed by atoms with Crippen molar-refractivity contribution in [3.8, 4) is 0 Å². The second-order valence-electron chi connectivity index (χ2n) is 10.9. The van der Waals surface area contributed by atoms with Gasteiger partial charge in [0.2, 0.25) is 11.9 Å². The highest BCUT2D eigenvalue weighted by atomic mass is 19.1. The van der Waals surface area contributed by atoms with Gasteiger partial charge in [0.1, 0.15) is 11.4 Å². The molecular weight excluding hydrogens is 487 g/mol. The third-order valence-electron chi connectivity index (χ3n) is 8.07. The lowest BCUT2D eigenvalue weighted by Crippen LogP contribution is -2.49. The summed E-state index contributed by atoms with van der Waals surface area (Å²) < 4.78 is 15.1. The van der Waals surface area contributed by atoms with Gasteiger partial charge in [0.05, 0.1) is 11.6 Å². The molecule has 1 aromatic carbocycles. The molecule has 3 fully saturated rings. The van der Waals surface area contributed by atoms with E-state index in [0.717, 1.165) is 38.8 Å². The van der Waals surface area contributed by atoms with Crippen LogP contribution in [0.5, 0.6) is 0 Å². The quantitative estimate of drug-likeness (QED) is 0.578. The van der Waals surface area contributed by atoms with E-state index in [1.807, 2.05) is 18.7 Å². The lowest BCUT2D eigenvalue weighted by molar-refractivity contribution is -0.124. The van der Waals surface area contributed by atoms with Crippen molar-refractivity contribution in [1.82, 2.24) is 25.5 Å². The van der Waals surface area contributed by atoms with E-state index in [1.54, 1.807) is 19.1 Å². The van der Waals surface area contributed by atoms with E-state index in [9.17, 15) is 14.4 Å². The van der Waals surface area contributed by atoms with Crippen molar-refractivity contribution in [3.63, 3.8) is 0 Å². The zero-order valence-electron chi connectivity index (χ0n) is 22.2. The van der Waals surface area contributed by atoms with Crippen LogP contribution in [0.15, 0.2) is 30.6 Å². The summed E-state index contributed by atoms with van der Waals surface area (Å²) in [7, 11) is 0. The van der Waals surface area contributed by atoms with Crippen LogP contribution < -0.4 is 15.5 Å². The standard InChI is InChI=1S/C28H35FN6O3/c1-17-6-7-18(2)35(17)25(37)20-8-9-22(23(29)14-20)19(3)32-26(38)28(10-11-28)33-24(36)21-15-30-27(31-16-21)34-12-4-5-13-34/h8-9,14-19H,4-7,10-13H2,1-3H3,(H,32,38)(H,33,36)/t17-,18+,19-/m1/s1. The molecule has 1 aromatic heterocycles. The number of rotatable bonds is 7. The van der Waals surface area contributed by atoms with Crippen molar-refractivity contribution in [2.75, 3.05) is 18.0 Å². The lowest BCUT2D eigenvalue weighted by atomic mass is 10.0. The lowest BCUT2D eigenvalue weighted by Gasteiger charge is -2.27. The Morgan fingerprint density at radius 3 is 2.24 bits per heavy atom. The predicted octanol–water partition coefficient (Wildman–Crippen LogP) is 3.37. The Morgan fingerprint density at radius 1 is 1.03 bits per heavy atom. The van der Waals surface area contributed by atoms with E-state index in [0.29, 0.717) is 24.4 Å². The molecule has 1 aliphatic carbocycles. The first-order valence-electron chi connectivity index (χ1n) is 13.5. The van der Waals surface area contributed by atoms with Gasteiger partial charge in [0.25, 0.3) is 11.8 Å². The van der Waals surface area contributed by atoms with Crippen LogP contribution in [0.2, 0.25) is 0 Å². The third kappa shape index (κ3) is 5.08. The molecule has 2 N–H and O–H groups in total. The van der Waals surface area contributed by atoms with E-state index in [4.69, 9.17) is 0 Å². The number of anilines is 1. The Kier molecular flexibility index (Phi) is 7.07. The normalized spacial score (nSPS) is 22.7. The van der Waals surface area contributed by atoms with Gasteiger partial charge in [0.15, 0.2) is 0 Å². The number of aromatic nitrogens is 2. The zero-order chi connectivity index (χ0) is 27.0. The molecule has 202 valence electrons. The average Bonchev–Trinajstić information content (AvgIpc) is 3.32. The first-order chi connectivity index (χ1) is 18.2. The minimum atomic E-state index is -1.03. The highest BCUT2D eigenvalue weighted by Gasteiger charge is 2.51. The summed E-state index contributed by atoms with van der Waals surface area (Å²) in [4.78, 5) is 51.4. The van der Waals surface area contributed by atoms with Crippen LogP contribution >= 0.6 is 0 Å². The minimum Gasteiger partial charge on any atom is -0.347 e. The second kappa shape index (κ2) is 10.3. The molecule has 0 radical (unpaired) electrons. The van der Waals surface area contributed by atoms with Crippen LogP contribution in [0.25, 0.3) is 0 Å². The summed E-state index contributed by atoms with van der Waals surface area (Å²) >= 11 is 0. The number of benzene rings is 1. The monoisotopic (exact) mass is 522 g/mol. The first-order valence-corrected chi connectivity index (χ1v) is 13.5. The van der Waals surface area contributed by atoms with E-state index >= 15 is 4.39 Å². The smallest absolute Gasteiger partial charge is 0.255 e. The molecule has 2 saturated heterocycles. The zero-order valence-corrected chi connectivity index (χ0v) is 22.2. The Bertz CT molecular complexity index is 1220. The number of hydrogen-bond donors (Lipinski definition) is 2. The Morgan fingerprint density at radius 2 is 1.66 bits per heavy atom. The summed E-state index contributed by atoms with van der Waals surface area (Å²) in [6, 6.07) is 4.01. The van der Waals surface area contributed by atoms with E-state index in [1.165, 1.54) is 18.5 Å². The van der Waals surface area contributed by atoms with Gasteiger partial charge in [-0.3, -0.25) is 14.4 Å². The molecule has 2 aliphatic heterocycles. The number of amides is 3. The maximum atomic E-state index is 15.1. The second-order valence-corrected chi connectivity index (χ2v) is 10.9. The molecule has 5 rings (SSSR count). The fourth-order valence-corrected chi connectivity index (χ4v) is 5.51. The average molecular weight is 523 g/mol. The molecule has 0 unspecified atom stereocenters. The summed E-state index contributed by atoms with van der Waals surface area (Å²) in [5.74, 6) is -0.912. The molecule has 0 spiro atoms. The topological polar surface area (TPSA) is 108 Å². The molecule has 3 heterocycles. The molecule has 3 atom stereocenters. The van der Waals surface area contributed by atoms with Gasteiger partial charge >= 0.3 is 0 Å². The van der Waals surface area contributed by atoms with E-state index < -0.39 is 23.3 Å². The minimum absolute atomic E-state index is 0.123. The van der Waals surface area contributed by atoms with Crippen molar-refractivity contribution in [1.29, 1.82) is 0 Å². The molecule has 38 heavy (non-hydrogen) atoms. The molecule has 3 amide bonds. The van der Waals surface area contributed by atoms with Crippen LogP contribution in [-0.2, 0) is 4.79 Å². The van der Waals surface area contributed by atoms with Crippen molar-refractivity contribution in [2.24, 2.45) is 0 Å². The summed E-state index contributed by atoms with van der Waals surface area (Å²) in [6.45, 7) is 7.51. The Balaban J connectivity index is 1.20. The van der Waals surface area contributed by atoms with Gasteiger partial charge < -0.3 is 20.4 Å². The van der Waals surface area contributed by atoms with Crippen LogP contribution in [0.3, 0.4) is 0 Å². The molecule has 1 saturated carbocycles.